The van der Waals surface area contributed by atoms with E-state index in [1.54, 1.807) is 21.6 Å². The standard InChI is InChI=1S/C16H14Cl2N4OS/c1-2-21(12-6-4-3-5-7-12)14(23)10-24-16-20-19-15-13(18)8-11(17)9-22(15)16/h3-9H,2,10H2,1H3. The predicted molar refractivity (Wildman–Crippen MR) is 98.2 cm³/mol. The van der Waals surface area contributed by atoms with Gasteiger partial charge in [0.2, 0.25) is 5.91 Å². The third-order valence-corrected chi connectivity index (χ3v) is 4.82. The van der Waals surface area contributed by atoms with Crippen molar-refractivity contribution < 1.29 is 4.79 Å². The Morgan fingerprint density at radius 3 is 2.71 bits per heavy atom. The predicted octanol–water partition coefficient (Wildman–Crippen LogP) is 4.18. The van der Waals surface area contributed by atoms with Crippen LogP contribution in [0.1, 0.15) is 6.92 Å². The van der Waals surface area contributed by atoms with Crippen LogP contribution in [0.2, 0.25) is 10.0 Å². The molecule has 3 aromatic rings. The number of rotatable bonds is 5. The maximum absolute atomic E-state index is 12.5. The molecule has 1 aromatic carbocycles. The monoisotopic (exact) mass is 380 g/mol. The van der Waals surface area contributed by atoms with Crippen LogP contribution in [0.4, 0.5) is 5.69 Å². The Kier molecular flexibility index (Phi) is 5.28. The third-order valence-electron chi connectivity index (χ3n) is 3.41. The van der Waals surface area contributed by atoms with Crippen molar-refractivity contribution in [3.63, 3.8) is 0 Å². The Morgan fingerprint density at radius 2 is 2.00 bits per heavy atom. The maximum atomic E-state index is 12.5. The normalized spacial score (nSPS) is 11.0. The molecule has 0 saturated carbocycles. The van der Waals surface area contributed by atoms with E-state index in [0.717, 1.165) is 5.69 Å². The first-order chi connectivity index (χ1) is 11.6. The van der Waals surface area contributed by atoms with Gasteiger partial charge >= 0.3 is 0 Å². The number of halogens is 2. The summed E-state index contributed by atoms with van der Waals surface area (Å²) in [7, 11) is 0. The fraction of sp³-hybridized carbons (Fsp3) is 0.188. The molecule has 0 atom stereocenters. The van der Waals surface area contributed by atoms with Gasteiger partial charge in [-0.05, 0) is 25.1 Å². The SMILES string of the molecule is CCN(C(=O)CSc1nnc2c(Cl)cc(Cl)cn12)c1ccccc1. The van der Waals surface area contributed by atoms with Gasteiger partial charge in [-0.3, -0.25) is 9.20 Å². The highest BCUT2D eigenvalue weighted by molar-refractivity contribution is 7.99. The summed E-state index contributed by atoms with van der Waals surface area (Å²) < 4.78 is 1.70. The largest absolute Gasteiger partial charge is 0.312 e. The lowest BCUT2D eigenvalue weighted by molar-refractivity contribution is -0.116. The summed E-state index contributed by atoms with van der Waals surface area (Å²) >= 11 is 13.4. The zero-order valence-corrected chi connectivity index (χ0v) is 15.1. The van der Waals surface area contributed by atoms with Crippen LogP contribution in [-0.2, 0) is 4.79 Å². The number of carbonyl (C=O) groups excluding carboxylic acids is 1. The van der Waals surface area contributed by atoms with Gasteiger partial charge < -0.3 is 4.90 Å². The molecule has 5 nitrogen and oxygen atoms in total. The van der Waals surface area contributed by atoms with Crippen LogP contribution in [0.3, 0.4) is 0 Å². The highest BCUT2D eigenvalue weighted by Crippen LogP contribution is 2.25. The van der Waals surface area contributed by atoms with Gasteiger partial charge in [0.15, 0.2) is 10.8 Å². The van der Waals surface area contributed by atoms with E-state index >= 15 is 0 Å². The molecule has 0 unspecified atom stereocenters. The molecule has 2 aromatic heterocycles. The molecule has 3 rings (SSSR count). The number of aromatic nitrogens is 3. The summed E-state index contributed by atoms with van der Waals surface area (Å²) in [5.41, 5.74) is 1.40. The first-order valence-corrected chi connectivity index (χ1v) is 9.02. The lowest BCUT2D eigenvalue weighted by Crippen LogP contribution is -2.32. The molecule has 0 aliphatic carbocycles. The summed E-state index contributed by atoms with van der Waals surface area (Å²) in [6, 6.07) is 11.2. The molecular formula is C16H14Cl2N4OS. The van der Waals surface area contributed by atoms with Gasteiger partial charge in [0, 0.05) is 18.4 Å². The number of amides is 1. The van der Waals surface area contributed by atoms with Gasteiger partial charge in [-0.25, -0.2) is 0 Å². The van der Waals surface area contributed by atoms with Gasteiger partial charge in [0.05, 0.1) is 15.8 Å². The Balaban J connectivity index is 1.77. The number of benzene rings is 1. The van der Waals surface area contributed by atoms with E-state index in [2.05, 4.69) is 10.2 Å². The second-order valence-corrected chi connectivity index (χ2v) is 6.73. The maximum Gasteiger partial charge on any atom is 0.237 e. The summed E-state index contributed by atoms with van der Waals surface area (Å²) in [6.07, 6.45) is 1.68. The number of para-hydroxylation sites is 1. The molecule has 24 heavy (non-hydrogen) atoms. The molecule has 0 aliphatic heterocycles. The Bertz CT molecular complexity index is 869. The topological polar surface area (TPSA) is 50.5 Å². The molecule has 0 saturated heterocycles. The minimum Gasteiger partial charge on any atom is -0.312 e. The smallest absolute Gasteiger partial charge is 0.237 e. The van der Waals surface area contributed by atoms with Gasteiger partial charge in [0.1, 0.15) is 0 Å². The van der Waals surface area contributed by atoms with Crippen molar-refractivity contribution in [1.82, 2.24) is 14.6 Å². The highest BCUT2D eigenvalue weighted by Gasteiger charge is 2.16. The molecule has 0 N–H and O–H groups in total. The van der Waals surface area contributed by atoms with Crippen LogP contribution in [0.5, 0.6) is 0 Å². The van der Waals surface area contributed by atoms with Crippen molar-refractivity contribution in [3.8, 4) is 0 Å². The van der Waals surface area contributed by atoms with E-state index in [9.17, 15) is 4.79 Å². The lowest BCUT2D eigenvalue weighted by atomic mass is 10.3. The van der Waals surface area contributed by atoms with Crippen LogP contribution in [0, 0.1) is 0 Å². The molecule has 8 heteroatoms. The van der Waals surface area contributed by atoms with Crippen LogP contribution < -0.4 is 4.90 Å². The van der Waals surface area contributed by atoms with Gasteiger partial charge in [-0.2, -0.15) is 0 Å². The summed E-state index contributed by atoms with van der Waals surface area (Å²) in [4.78, 5) is 14.3. The second kappa shape index (κ2) is 7.42. The highest BCUT2D eigenvalue weighted by atomic mass is 35.5. The molecular weight excluding hydrogens is 367 g/mol. The van der Waals surface area contributed by atoms with Crippen molar-refractivity contribution >= 4 is 52.2 Å². The van der Waals surface area contributed by atoms with Crippen LogP contribution in [0.15, 0.2) is 47.8 Å². The van der Waals surface area contributed by atoms with E-state index in [4.69, 9.17) is 23.2 Å². The van der Waals surface area contributed by atoms with Gasteiger partial charge in [0.25, 0.3) is 0 Å². The fourth-order valence-corrected chi connectivity index (χ4v) is 3.61. The Hall–Kier alpha value is -1.76. The average Bonchev–Trinajstić information content (AvgIpc) is 2.98. The van der Waals surface area contributed by atoms with E-state index in [0.29, 0.717) is 27.4 Å². The minimum atomic E-state index is -0.00132. The number of nitrogens with zero attached hydrogens (tertiary/aromatic N) is 4. The Morgan fingerprint density at radius 1 is 1.25 bits per heavy atom. The molecule has 0 aliphatic rings. The molecule has 0 bridgehead atoms. The molecule has 0 radical (unpaired) electrons. The number of pyridine rings is 1. The van der Waals surface area contributed by atoms with E-state index in [1.807, 2.05) is 37.3 Å². The number of fused-ring (bicyclic) bond motifs is 1. The molecule has 0 spiro atoms. The number of hydrogen-bond donors (Lipinski definition) is 0. The van der Waals surface area contributed by atoms with E-state index in [1.165, 1.54) is 11.8 Å². The number of carbonyl (C=O) groups is 1. The fourth-order valence-electron chi connectivity index (χ4n) is 2.32. The van der Waals surface area contributed by atoms with E-state index < -0.39 is 0 Å². The molecule has 1 amide bonds. The zero-order valence-electron chi connectivity index (χ0n) is 12.8. The first-order valence-electron chi connectivity index (χ1n) is 7.28. The second-order valence-electron chi connectivity index (χ2n) is 4.94. The Labute approximate surface area is 153 Å². The van der Waals surface area contributed by atoms with Crippen molar-refractivity contribution in [2.75, 3.05) is 17.2 Å². The lowest BCUT2D eigenvalue weighted by Gasteiger charge is -2.20. The molecule has 2 heterocycles. The van der Waals surface area contributed by atoms with Gasteiger partial charge in [-0.1, -0.05) is 53.2 Å². The summed E-state index contributed by atoms with van der Waals surface area (Å²) in [6.45, 7) is 2.54. The van der Waals surface area contributed by atoms with Crippen LogP contribution in [-0.4, -0.2) is 32.8 Å². The summed E-state index contributed by atoms with van der Waals surface area (Å²) in [5, 5.41) is 9.61. The van der Waals surface area contributed by atoms with Crippen molar-refractivity contribution in [1.29, 1.82) is 0 Å². The number of thioether (sulfide) groups is 1. The summed E-state index contributed by atoms with van der Waals surface area (Å²) in [5.74, 6) is 0.242. The van der Waals surface area contributed by atoms with Gasteiger partial charge in [-0.15, -0.1) is 10.2 Å². The van der Waals surface area contributed by atoms with Crippen molar-refractivity contribution in [2.24, 2.45) is 0 Å². The number of hydrogen-bond acceptors (Lipinski definition) is 4. The van der Waals surface area contributed by atoms with Crippen LogP contribution >= 0.6 is 35.0 Å². The van der Waals surface area contributed by atoms with Crippen molar-refractivity contribution in [2.45, 2.75) is 12.1 Å². The average molecular weight is 381 g/mol. The van der Waals surface area contributed by atoms with Crippen molar-refractivity contribution in [3.05, 3.63) is 52.6 Å². The minimum absolute atomic E-state index is 0.00132. The van der Waals surface area contributed by atoms with E-state index in [-0.39, 0.29) is 11.7 Å². The number of anilines is 1. The third kappa shape index (κ3) is 3.50. The molecule has 0 fully saturated rings. The quantitative estimate of drug-likeness (QED) is 0.622. The zero-order chi connectivity index (χ0) is 17.1. The van der Waals surface area contributed by atoms with Crippen LogP contribution in [0.25, 0.3) is 5.65 Å². The first kappa shape index (κ1) is 17.1. The molecule has 124 valence electrons.